The van der Waals surface area contributed by atoms with Crippen LogP contribution in [0.3, 0.4) is 0 Å². The number of fused-ring (bicyclic) bond motifs is 3. The predicted molar refractivity (Wildman–Crippen MR) is 113 cm³/mol. The van der Waals surface area contributed by atoms with Gasteiger partial charge in [-0.2, -0.15) is 5.10 Å². The van der Waals surface area contributed by atoms with Gasteiger partial charge in [0.25, 0.3) is 5.56 Å². The zero-order chi connectivity index (χ0) is 20.5. The summed E-state index contributed by atoms with van der Waals surface area (Å²) in [7, 11) is 3.36. The fourth-order valence-electron chi connectivity index (χ4n) is 3.17. The Morgan fingerprint density at radius 2 is 2.21 bits per heavy atom. The lowest BCUT2D eigenvalue weighted by atomic mass is 10.3. The van der Waals surface area contributed by atoms with E-state index in [4.69, 9.17) is 15.9 Å². The van der Waals surface area contributed by atoms with Crippen LogP contribution in [-0.2, 0) is 20.0 Å². The van der Waals surface area contributed by atoms with Crippen LogP contribution in [0.15, 0.2) is 41.5 Å². The van der Waals surface area contributed by atoms with Crippen molar-refractivity contribution in [3.8, 4) is 5.88 Å². The summed E-state index contributed by atoms with van der Waals surface area (Å²) in [5.41, 5.74) is 7.44. The lowest BCUT2D eigenvalue weighted by molar-refractivity contribution is 0.395. The van der Waals surface area contributed by atoms with Gasteiger partial charge in [0.2, 0.25) is 5.88 Å². The average Bonchev–Trinajstić information content (AvgIpc) is 3.23. The second-order valence-corrected chi connectivity index (χ2v) is 7.51. The van der Waals surface area contributed by atoms with Gasteiger partial charge in [0, 0.05) is 30.6 Å². The monoisotopic (exact) mass is 409 g/mol. The number of thiazole rings is 1. The van der Waals surface area contributed by atoms with Gasteiger partial charge in [-0.15, -0.1) is 11.3 Å². The van der Waals surface area contributed by atoms with E-state index in [0.29, 0.717) is 34.9 Å². The normalized spacial score (nSPS) is 11.7. The Hall–Kier alpha value is -3.53. The maximum atomic E-state index is 13.1. The summed E-state index contributed by atoms with van der Waals surface area (Å²) in [5, 5.41) is 13.8. The van der Waals surface area contributed by atoms with Crippen LogP contribution in [0.4, 0.5) is 0 Å². The van der Waals surface area contributed by atoms with Gasteiger partial charge in [0.05, 0.1) is 30.2 Å². The van der Waals surface area contributed by atoms with Crippen LogP contribution in [0.5, 0.6) is 5.88 Å². The van der Waals surface area contributed by atoms with Crippen molar-refractivity contribution in [3.05, 3.63) is 57.7 Å². The highest BCUT2D eigenvalue weighted by Gasteiger charge is 2.18. The number of nitrogens with two attached hydrogens (primary N) is 1. The Morgan fingerprint density at radius 1 is 1.38 bits per heavy atom. The zero-order valence-electron chi connectivity index (χ0n) is 15.9. The zero-order valence-corrected chi connectivity index (χ0v) is 16.7. The molecule has 4 heterocycles. The number of nitrogens with one attached hydrogen (secondary N) is 1. The molecule has 0 saturated carbocycles. The molecule has 4 rings (SSSR count). The van der Waals surface area contributed by atoms with E-state index in [1.54, 1.807) is 23.9 Å². The number of ether oxygens (including phenoxy) is 1. The molecule has 0 unspecified atom stereocenters. The Bertz CT molecular complexity index is 1320. The minimum Gasteiger partial charge on any atom is -0.481 e. The Morgan fingerprint density at radius 3 is 2.97 bits per heavy atom. The predicted octanol–water partition coefficient (Wildman–Crippen LogP) is 1.83. The van der Waals surface area contributed by atoms with Gasteiger partial charge in [0.1, 0.15) is 10.5 Å². The lowest BCUT2D eigenvalue weighted by Crippen LogP contribution is -2.25. The summed E-state index contributed by atoms with van der Waals surface area (Å²) in [6.45, 7) is 0.242. The van der Waals surface area contributed by atoms with Gasteiger partial charge in [-0.1, -0.05) is 6.07 Å². The number of aromatic nitrogens is 5. The molecule has 0 bridgehead atoms. The Balaban J connectivity index is 1.75. The second-order valence-electron chi connectivity index (χ2n) is 6.42. The average molecular weight is 409 g/mol. The van der Waals surface area contributed by atoms with Gasteiger partial charge in [0.15, 0.2) is 5.65 Å². The van der Waals surface area contributed by atoms with Crippen molar-refractivity contribution < 1.29 is 4.74 Å². The molecule has 0 aromatic carbocycles. The molecule has 0 atom stereocenters. The first kappa shape index (κ1) is 18.8. The van der Waals surface area contributed by atoms with Crippen LogP contribution in [-0.4, -0.2) is 37.1 Å². The number of allylic oxidation sites excluding steroid dienone is 1. The minimum atomic E-state index is -0.208. The molecule has 10 heteroatoms. The molecule has 0 aliphatic rings. The van der Waals surface area contributed by atoms with Gasteiger partial charge in [-0.3, -0.25) is 4.79 Å². The fourth-order valence-corrected chi connectivity index (χ4v) is 4.30. The highest BCUT2D eigenvalue weighted by molar-refractivity contribution is 7.19. The maximum absolute atomic E-state index is 13.1. The van der Waals surface area contributed by atoms with Crippen LogP contribution < -0.4 is 16.0 Å². The third kappa shape index (κ3) is 3.38. The van der Waals surface area contributed by atoms with Gasteiger partial charge in [-0.05, 0) is 18.3 Å². The lowest BCUT2D eigenvalue weighted by Gasteiger charge is -2.06. The van der Waals surface area contributed by atoms with Crippen molar-refractivity contribution in [3.63, 3.8) is 0 Å². The number of aryl methyl sites for hydroxylation is 1. The van der Waals surface area contributed by atoms with Gasteiger partial charge < -0.3 is 20.4 Å². The first-order valence-corrected chi connectivity index (χ1v) is 9.63. The fraction of sp³-hybridized carbons (Fsp3) is 0.211. The van der Waals surface area contributed by atoms with Crippen LogP contribution in [0.25, 0.3) is 21.3 Å². The van der Waals surface area contributed by atoms with E-state index in [-0.39, 0.29) is 12.1 Å². The number of hydrogen-bond donors (Lipinski definition) is 2. The van der Waals surface area contributed by atoms with E-state index in [9.17, 15) is 4.79 Å². The number of pyridine rings is 1. The van der Waals surface area contributed by atoms with E-state index in [1.807, 2.05) is 19.2 Å². The maximum Gasteiger partial charge on any atom is 0.291 e. The SMILES string of the molecule is COc1cccc(Cn2ncc3c4sc(CC(=N)/C=C\N)nc4n(C)c3c2=O)n1. The van der Waals surface area contributed by atoms with Crippen molar-refractivity contribution >= 4 is 38.3 Å². The molecule has 0 saturated heterocycles. The smallest absolute Gasteiger partial charge is 0.291 e. The minimum absolute atomic E-state index is 0.208. The van der Waals surface area contributed by atoms with Crippen LogP contribution in [0, 0.1) is 5.41 Å². The van der Waals surface area contributed by atoms with Crippen molar-refractivity contribution in [1.82, 2.24) is 24.3 Å². The summed E-state index contributed by atoms with van der Waals surface area (Å²) < 4.78 is 9.20. The van der Waals surface area contributed by atoms with E-state index in [0.717, 1.165) is 15.1 Å². The summed E-state index contributed by atoms with van der Waals surface area (Å²) >= 11 is 1.46. The second kappa shape index (κ2) is 7.47. The standard InChI is InChI=1S/C19H19N7O2S/c1-25-16-13(17-18(25)24-15(29-17)8-11(21)6-7-20)9-22-26(19(16)27)10-12-4-3-5-14(23-12)28-2/h3-7,9,21H,8,10,20H2,1-2H3/b7-6-,21-11?. The molecule has 148 valence electrons. The number of rotatable bonds is 6. The van der Waals surface area contributed by atoms with Crippen molar-refractivity contribution in [2.24, 2.45) is 12.8 Å². The molecule has 0 fully saturated rings. The van der Waals surface area contributed by atoms with Crippen LogP contribution in [0.2, 0.25) is 0 Å². The Kier molecular flexibility index (Phi) is 4.85. The topological polar surface area (TPSA) is 125 Å². The first-order valence-electron chi connectivity index (χ1n) is 8.81. The molecule has 4 aromatic heterocycles. The van der Waals surface area contributed by atoms with Gasteiger partial charge >= 0.3 is 0 Å². The number of hydrogen-bond acceptors (Lipinski definition) is 8. The van der Waals surface area contributed by atoms with E-state index < -0.39 is 0 Å². The van der Waals surface area contributed by atoms with Crippen molar-refractivity contribution in [1.29, 1.82) is 5.41 Å². The highest BCUT2D eigenvalue weighted by Crippen LogP contribution is 2.31. The number of nitrogens with zero attached hydrogens (tertiary/aromatic N) is 5. The molecule has 0 amide bonds. The molecular formula is C19H19N7O2S. The first-order chi connectivity index (χ1) is 14.0. The van der Waals surface area contributed by atoms with Crippen LogP contribution >= 0.6 is 11.3 Å². The molecule has 0 aliphatic carbocycles. The summed E-state index contributed by atoms with van der Waals surface area (Å²) in [5.74, 6) is 0.489. The third-order valence-corrected chi connectivity index (χ3v) is 5.59. The highest BCUT2D eigenvalue weighted by atomic mass is 32.1. The van der Waals surface area contributed by atoms with E-state index in [1.165, 1.54) is 28.3 Å². The Labute approximate surface area is 169 Å². The molecule has 4 aromatic rings. The molecule has 0 aliphatic heterocycles. The molecule has 29 heavy (non-hydrogen) atoms. The van der Waals surface area contributed by atoms with E-state index >= 15 is 0 Å². The molecule has 9 nitrogen and oxygen atoms in total. The quantitative estimate of drug-likeness (QED) is 0.468. The summed E-state index contributed by atoms with van der Waals surface area (Å²) in [4.78, 5) is 22.0. The third-order valence-electron chi connectivity index (χ3n) is 4.51. The van der Waals surface area contributed by atoms with Gasteiger partial charge in [-0.25, -0.2) is 14.6 Å². The summed E-state index contributed by atoms with van der Waals surface area (Å²) in [6, 6.07) is 5.40. The molecule has 0 radical (unpaired) electrons. The molecular weight excluding hydrogens is 390 g/mol. The van der Waals surface area contributed by atoms with Crippen molar-refractivity contribution in [2.45, 2.75) is 13.0 Å². The molecule has 0 spiro atoms. The largest absolute Gasteiger partial charge is 0.481 e. The van der Waals surface area contributed by atoms with Crippen LogP contribution in [0.1, 0.15) is 10.7 Å². The van der Waals surface area contributed by atoms with E-state index in [2.05, 4.69) is 15.1 Å². The molecule has 3 N–H and O–H groups in total. The van der Waals surface area contributed by atoms with Crippen molar-refractivity contribution in [2.75, 3.05) is 7.11 Å². The number of methoxy groups -OCH3 is 1. The summed E-state index contributed by atoms with van der Waals surface area (Å²) in [6.07, 6.45) is 4.96.